The SMILES string of the molecule is CCOC(=O)/C=C1\C2CCCC1(c1cccc(OC)c1)CCN2. The van der Waals surface area contributed by atoms with E-state index in [4.69, 9.17) is 9.47 Å². The zero-order valence-corrected chi connectivity index (χ0v) is 13.9. The Hall–Kier alpha value is -1.81. The molecule has 1 aromatic rings. The number of hydrogen-bond donors (Lipinski definition) is 1. The lowest BCUT2D eigenvalue weighted by Crippen LogP contribution is -2.52. The van der Waals surface area contributed by atoms with Gasteiger partial charge >= 0.3 is 5.97 Å². The molecular weight excluding hydrogens is 290 g/mol. The summed E-state index contributed by atoms with van der Waals surface area (Å²) in [6.07, 6.45) is 6.05. The summed E-state index contributed by atoms with van der Waals surface area (Å²) in [5.74, 6) is 0.637. The monoisotopic (exact) mass is 315 g/mol. The number of hydrogen-bond acceptors (Lipinski definition) is 4. The predicted molar refractivity (Wildman–Crippen MR) is 89.6 cm³/mol. The van der Waals surface area contributed by atoms with Crippen LogP contribution < -0.4 is 10.1 Å². The lowest BCUT2D eigenvalue weighted by molar-refractivity contribution is -0.137. The summed E-state index contributed by atoms with van der Waals surface area (Å²) in [5.41, 5.74) is 2.36. The Morgan fingerprint density at radius 2 is 2.30 bits per heavy atom. The number of ether oxygens (including phenoxy) is 2. The average molecular weight is 315 g/mol. The molecule has 2 unspecified atom stereocenters. The van der Waals surface area contributed by atoms with Crippen molar-refractivity contribution >= 4 is 5.97 Å². The standard InChI is InChI=1S/C19H25NO3/c1-3-23-18(21)13-16-17-8-5-9-19(16,10-11-20-17)14-6-4-7-15(12-14)22-2/h4,6-7,12-13,17,20H,3,5,8-11H2,1-2H3/b16-13+. The average Bonchev–Trinajstić information content (AvgIpc) is 2.55. The van der Waals surface area contributed by atoms with Crippen LogP contribution in [-0.2, 0) is 14.9 Å². The molecule has 2 aliphatic rings. The van der Waals surface area contributed by atoms with Crippen LogP contribution in [0.15, 0.2) is 35.9 Å². The Morgan fingerprint density at radius 3 is 3.09 bits per heavy atom. The lowest BCUT2D eigenvalue weighted by Gasteiger charge is -2.48. The second kappa shape index (κ2) is 6.75. The van der Waals surface area contributed by atoms with Gasteiger partial charge in [0.15, 0.2) is 0 Å². The number of methoxy groups -OCH3 is 1. The third-order valence-corrected chi connectivity index (χ3v) is 5.15. The predicted octanol–water partition coefficient (Wildman–Crippen LogP) is 2.97. The van der Waals surface area contributed by atoms with Crippen molar-refractivity contribution in [1.82, 2.24) is 5.32 Å². The molecule has 1 aromatic carbocycles. The molecule has 0 aromatic heterocycles. The highest BCUT2D eigenvalue weighted by Gasteiger charge is 2.45. The number of carbonyl (C=O) groups excluding carboxylic acids is 1. The minimum atomic E-state index is -0.231. The minimum absolute atomic E-state index is 0.0739. The quantitative estimate of drug-likeness (QED) is 0.685. The zero-order valence-electron chi connectivity index (χ0n) is 13.9. The van der Waals surface area contributed by atoms with E-state index in [-0.39, 0.29) is 17.4 Å². The third kappa shape index (κ3) is 3.00. The Labute approximate surface area is 137 Å². The van der Waals surface area contributed by atoms with Crippen molar-refractivity contribution in [2.75, 3.05) is 20.3 Å². The summed E-state index contributed by atoms with van der Waals surface area (Å²) in [7, 11) is 1.69. The number of carbonyl (C=O) groups is 1. The first kappa shape index (κ1) is 16.1. The molecule has 4 nitrogen and oxygen atoms in total. The fourth-order valence-electron chi connectivity index (χ4n) is 4.11. The summed E-state index contributed by atoms with van der Waals surface area (Å²) >= 11 is 0. The van der Waals surface area contributed by atoms with E-state index >= 15 is 0 Å². The Balaban J connectivity index is 2.05. The molecule has 1 saturated carbocycles. The van der Waals surface area contributed by atoms with Gasteiger partial charge in [0.2, 0.25) is 0 Å². The fourth-order valence-corrected chi connectivity index (χ4v) is 4.11. The van der Waals surface area contributed by atoms with Gasteiger partial charge in [0, 0.05) is 17.5 Å². The molecule has 2 atom stereocenters. The number of piperidine rings is 1. The van der Waals surface area contributed by atoms with Gasteiger partial charge in [0.05, 0.1) is 13.7 Å². The number of esters is 1. The van der Waals surface area contributed by atoms with E-state index in [0.717, 1.165) is 38.0 Å². The minimum Gasteiger partial charge on any atom is -0.497 e. The van der Waals surface area contributed by atoms with Crippen LogP contribution in [0.5, 0.6) is 5.75 Å². The van der Waals surface area contributed by atoms with Crippen molar-refractivity contribution in [1.29, 1.82) is 0 Å². The summed E-state index contributed by atoms with van der Waals surface area (Å²) < 4.78 is 10.6. The van der Waals surface area contributed by atoms with Gasteiger partial charge < -0.3 is 14.8 Å². The summed E-state index contributed by atoms with van der Waals surface area (Å²) in [6.45, 7) is 3.23. The maximum Gasteiger partial charge on any atom is 0.330 e. The van der Waals surface area contributed by atoms with Crippen LogP contribution in [0.4, 0.5) is 0 Å². The molecule has 2 fully saturated rings. The van der Waals surface area contributed by atoms with Crippen molar-refractivity contribution in [3.05, 3.63) is 41.5 Å². The molecule has 124 valence electrons. The van der Waals surface area contributed by atoms with Crippen molar-refractivity contribution in [2.24, 2.45) is 0 Å². The van der Waals surface area contributed by atoms with Gasteiger partial charge in [-0.15, -0.1) is 0 Å². The Bertz CT molecular complexity index is 598. The summed E-state index contributed by atoms with van der Waals surface area (Å²) in [6, 6.07) is 8.56. The molecule has 1 N–H and O–H groups in total. The molecule has 1 heterocycles. The first-order valence-corrected chi connectivity index (χ1v) is 8.46. The second-order valence-electron chi connectivity index (χ2n) is 6.31. The van der Waals surface area contributed by atoms with Gasteiger partial charge in [-0.05, 0) is 56.0 Å². The molecule has 1 aliphatic heterocycles. The van der Waals surface area contributed by atoms with E-state index in [1.165, 1.54) is 11.1 Å². The lowest BCUT2D eigenvalue weighted by atomic mass is 9.60. The van der Waals surface area contributed by atoms with E-state index < -0.39 is 0 Å². The van der Waals surface area contributed by atoms with E-state index in [0.29, 0.717) is 6.61 Å². The van der Waals surface area contributed by atoms with Crippen LogP contribution in [0, 0.1) is 0 Å². The van der Waals surface area contributed by atoms with E-state index in [1.54, 1.807) is 13.2 Å². The number of benzene rings is 1. The first-order chi connectivity index (χ1) is 11.2. The largest absolute Gasteiger partial charge is 0.497 e. The molecule has 0 amide bonds. The molecule has 1 aliphatic carbocycles. The molecular formula is C19H25NO3. The number of rotatable bonds is 4. The Kier molecular flexibility index (Phi) is 4.71. The fraction of sp³-hybridized carbons (Fsp3) is 0.526. The first-order valence-electron chi connectivity index (χ1n) is 8.46. The molecule has 4 heteroatoms. The van der Waals surface area contributed by atoms with Crippen LogP contribution >= 0.6 is 0 Å². The normalized spacial score (nSPS) is 28.4. The van der Waals surface area contributed by atoms with Crippen LogP contribution in [0.3, 0.4) is 0 Å². The molecule has 0 radical (unpaired) electrons. The third-order valence-electron chi connectivity index (χ3n) is 5.15. The van der Waals surface area contributed by atoms with Gasteiger partial charge in [-0.25, -0.2) is 4.79 Å². The van der Waals surface area contributed by atoms with Crippen molar-refractivity contribution in [3.63, 3.8) is 0 Å². The maximum absolute atomic E-state index is 12.1. The van der Waals surface area contributed by atoms with E-state index in [2.05, 4.69) is 17.4 Å². The van der Waals surface area contributed by atoms with Crippen LogP contribution in [0.25, 0.3) is 0 Å². The second-order valence-corrected chi connectivity index (χ2v) is 6.31. The van der Waals surface area contributed by atoms with E-state index in [1.807, 2.05) is 19.1 Å². The summed E-state index contributed by atoms with van der Waals surface area (Å²) in [5, 5.41) is 3.56. The molecule has 2 bridgehead atoms. The highest BCUT2D eigenvalue weighted by molar-refractivity contribution is 5.84. The van der Waals surface area contributed by atoms with Gasteiger partial charge in [0.1, 0.15) is 5.75 Å². The molecule has 3 rings (SSSR count). The van der Waals surface area contributed by atoms with Gasteiger partial charge in [0.25, 0.3) is 0 Å². The van der Waals surface area contributed by atoms with Crippen LogP contribution in [0.1, 0.15) is 38.2 Å². The number of fused-ring (bicyclic) bond motifs is 2. The van der Waals surface area contributed by atoms with Crippen LogP contribution in [-0.4, -0.2) is 32.3 Å². The molecule has 1 saturated heterocycles. The summed E-state index contributed by atoms with van der Waals surface area (Å²) in [4.78, 5) is 12.1. The van der Waals surface area contributed by atoms with Gasteiger partial charge in [-0.1, -0.05) is 18.6 Å². The number of nitrogens with one attached hydrogen (secondary N) is 1. The zero-order chi connectivity index (χ0) is 16.3. The maximum atomic E-state index is 12.1. The highest BCUT2D eigenvalue weighted by Crippen LogP contribution is 2.48. The highest BCUT2D eigenvalue weighted by atomic mass is 16.5. The van der Waals surface area contributed by atoms with Crippen molar-refractivity contribution < 1.29 is 14.3 Å². The van der Waals surface area contributed by atoms with Crippen LogP contribution in [0.2, 0.25) is 0 Å². The Morgan fingerprint density at radius 1 is 1.43 bits per heavy atom. The molecule has 0 spiro atoms. The van der Waals surface area contributed by atoms with E-state index in [9.17, 15) is 4.79 Å². The topological polar surface area (TPSA) is 47.6 Å². The smallest absolute Gasteiger partial charge is 0.330 e. The van der Waals surface area contributed by atoms with Crippen molar-refractivity contribution in [3.8, 4) is 5.75 Å². The van der Waals surface area contributed by atoms with Crippen molar-refractivity contribution in [2.45, 2.75) is 44.1 Å². The van der Waals surface area contributed by atoms with Gasteiger partial charge in [-0.3, -0.25) is 0 Å². The van der Waals surface area contributed by atoms with Gasteiger partial charge in [-0.2, -0.15) is 0 Å². The molecule has 23 heavy (non-hydrogen) atoms.